The molecule has 0 aromatic carbocycles. The highest BCUT2D eigenvalue weighted by molar-refractivity contribution is 5.84. The molecule has 1 saturated carbocycles. The van der Waals surface area contributed by atoms with Crippen molar-refractivity contribution in [3.05, 3.63) is 0 Å². The van der Waals surface area contributed by atoms with Gasteiger partial charge in [-0.1, -0.05) is 40.5 Å². The fourth-order valence-corrected chi connectivity index (χ4v) is 3.68. The van der Waals surface area contributed by atoms with Gasteiger partial charge in [0.05, 0.1) is 12.2 Å². The molecular formula is C16H30N2O. The van der Waals surface area contributed by atoms with Crippen LogP contribution in [-0.4, -0.2) is 29.6 Å². The van der Waals surface area contributed by atoms with Crippen LogP contribution in [-0.2, 0) is 4.79 Å². The highest BCUT2D eigenvalue weighted by Gasteiger charge is 2.40. The average molecular weight is 266 g/mol. The maximum Gasteiger partial charge on any atom is 0.241 e. The summed E-state index contributed by atoms with van der Waals surface area (Å²) in [4.78, 5) is 14.7. The average Bonchev–Trinajstić information content (AvgIpc) is 2.88. The highest BCUT2D eigenvalue weighted by Crippen LogP contribution is 2.32. The van der Waals surface area contributed by atoms with Gasteiger partial charge in [0.15, 0.2) is 0 Å². The molecular weight excluding hydrogens is 236 g/mol. The summed E-state index contributed by atoms with van der Waals surface area (Å²) >= 11 is 0. The Morgan fingerprint density at radius 3 is 2.63 bits per heavy atom. The van der Waals surface area contributed by atoms with Gasteiger partial charge >= 0.3 is 0 Å². The second kappa shape index (κ2) is 6.25. The zero-order chi connectivity index (χ0) is 14.0. The van der Waals surface area contributed by atoms with E-state index in [0.717, 1.165) is 31.2 Å². The van der Waals surface area contributed by atoms with Crippen molar-refractivity contribution < 1.29 is 4.79 Å². The second-order valence-corrected chi connectivity index (χ2v) is 6.97. The molecule has 1 N–H and O–H groups in total. The van der Waals surface area contributed by atoms with Crippen LogP contribution < -0.4 is 5.32 Å². The molecule has 1 aliphatic carbocycles. The van der Waals surface area contributed by atoms with Crippen LogP contribution in [0.3, 0.4) is 0 Å². The van der Waals surface area contributed by atoms with Crippen LogP contribution >= 0.6 is 0 Å². The Kier molecular flexibility index (Phi) is 4.88. The first-order valence-electron chi connectivity index (χ1n) is 8.09. The maximum atomic E-state index is 12.6. The number of carbonyl (C=O) groups is 1. The minimum absolute atomic E-state index is 0.0374. The van der Waals surface area contributed by atoms with Crippen LogP contribution in [0.2, 0.25) is 0 Å². The van der Waals surface area contributed by atoms with Crippen LogP contribution in [0.5, 0.6) is 0 Å². The van der Waals surface area contributed by atoms with E-state index in [0.29, 0.717) is 11.8 Å². The first-order valence-corrected chi connectivity index (χ1v) is 8.09. The van der Waals surface area contributed by atoms with E-state index >= 15 is 0 Å². The van der Waals surface area contributed by atoms with Crippen molar-refractivity contribution in [3.8, 4) is 0 Å². The molecule has 2 rings (SSSR count). The number of hydrogen-bond donors (Lipinski definition) is 1. The molecule has 0 aromatic rings. The standard InChI is InChI=1S/C16H30N2O/c1-5-6-14-17-15(11(2)3)16(19)18(14)10-13-8-7-12(4)9-13/h11-15,17H,5-10H2,1-4H3. The lowest BCUT2D eigenvalue weighted by molar-refractivity contribution is -0.131. The topological polar surface area (TPSA) is 32.3 Å². The number of nitrogens with one attached hydrogen (secondary N) is 1. The van der Waals surface area contributed by atoms with Crippen LogP contribution in [0.4, 0.5) is 0 Å². The second-order valence-electron chi connectivity index (χ2n) is 6.97. The lowest BCUT2D eigenvalue weighted by atomic mass is 10.0. The molecule has 2 aliphatic rings. The Bertz CT molecular complexity index is 316. The van der Waals surface area contributed by atoms with E-state index in [1.165, 1.54) is 19.3 Å². The highest BCUT2D eigenvalue weighted by atomic mass is 16.2. The molecule has 3 heteroatoms. The van der Waals surface area contributed by atoms with E-state index in [9.17, 15) is 4.79 Å². The molecule has 0 radical (unpaired) electrons. The smallest absolute Gasteiger partial charge is 0.241 e. The van der Waals surface area contributed by atoms with Crippen molar-refractivity contribution in [1.29, 1.82) is 0 Å². The fourth-order valence-electron chi connectivity index (χ4n) is 3.68. The molecule has 2 fully saturated rings. The number of nitrogens with zero attached hydrogens (tertiary/aromatic N) is 1. The van der Waals surface area contributed by atoms with E-state index < -0.39 is 0 Å². The Morgan fingerprint density at radius 2 is 2.11 bits per heavy atom. The van der Waals surface area contributed by atoms with Gasteiger partial charge in [-0.15, -0.1) is 0 Å². The number of rotatable bonds is 5. The summed E-state index contributed by atoms with van der Waals surface area (Å²) in [5.41, 5.74) is 0. The molecule has 0 bridgehead atoms. The lowest BCUT2D eigenvalue weighted by Gasteiger charge is -2.27. The molecule has 1 saturated heterocycles. The van der Waals surface area contributed by atoms with Crippen molar-refractivity contribution in [2.45, 2.75) is 72.0 Å². The molecule has 0 aromatic heterocycles. The van der Waals surface area contributed by atoms with Crippen LogP contribution in [0.25, 0.3) is 0 Å². The quantitative estimate of drug-likeness (QED) is 0.829. The van der Waals surface area contributed by atoms with Gasteiger partial charge < -0.3 is 4.90 Å². The lowest BCUT2D eigenvalue weighted by Crippen LogP contribution is -2.40. The van der Waals surface area contributed by atoms with Gasteiger partial charge in [0, 0.05) is 6.54 Å². The Labute approximate surface area is 118 Å². The molecule has 4 unspecified atom stereocenters. The minimum Gasteiger partial charge on any atom is -0.326 e. The van der Waals surface area contributed by atoms with Crippen molar-refractivity contribution >= 4 is 5.91 Å². The van der Waals surface area contributed by atoms with Crippen LogP contribution in [0, 0.1) is 17.8 Å². The third-order valence-electron chi connectivity index (χ3n) is 4.78. The van der Waals surface area contributed by atoms with E-state index in [-0.39, 0.29) is 12.2 Å². The van der Waals surface area contributed by atoms with Crippen LogP contribution in [0.15, 0.2) is 0 Å². The van der Waals surface area contributed by atoms with Crippen molar-refractivity contribution in [2.75, 3.05) is 6.54 Å². The molecule has 0 spiro atoms. The molecule has 19 heavy (non-hydrogen) atoms. The van der Waals surface area contributed by atoms with Crippen LogP contribution in [0.1, 0.15) is 59.8 Å². The predicted molar refractivity (Wildman–Crippen MR) is 78.7 cm³/mol. The van der Waals surface area contributed by atoms with Crippen molar-refractivity contribution in [2.24, 2.45) is 17.8 Å². The predicted octanol–water partition coefficient (Wildman–Crippen LogP) is 3.01. The minimum atomic E-state index is 0.0374. The van der Waals surface area contributed by atoms with Gasteiger partial charge in [-0.05, 0) is 37.0 Å². The largest absolute Gasteiger partial charge is 0.326 e. The molecule has 110 valence electrons. The van der Waals surface area contributed by atoms with Crippen molar-refractivity contribution in [3.63, 3.8) is 0 Å². The molecule has 1 heterocycles. The summed E-state index contributed by atoms with van der Waals surface area (Å²) in [5.74, 6) is 2.31. The van der Waals surface area contributed by atoms with Crippen molar-refractivity contribution in [1.82, 2.24) is 10.2 Å². The summed E-state index contributed by atoms with van der Waals surface area (Å²) in [5, 5.41) is 3.55. The van der Waals surface area contributed by atoms with E-state index in [4.69, 9.17) is 0 Å². The van der Waals surface area contributed by atoms with Gasteiger partial charge in [-0.25, -0.2) is 0 Å². The first-order chi connectivity index (χ1) is 9.02. The molecule has 1 aliphatic heterocycles. The molecule has 1 amide bonds. The monoisotopic (exact) mass is 266 g/mol. The summed E-state index contributed by atoms with van der Waals surface area (Å²) in [6.07, 6.45) is 6.43. The van der Waals surface area contributed by atoms with Gasteiger partial charge in [0.1, 0.15) is 0 Å². The zero-order valence-corrected chi connectivity index (χ0v) is 13.0. The summed E-state index contributed by atoms with van der Waals surface area (Å²) < 4.78 is 0. The SMILES string of the molecule is CCCC1NC(C(C)C)C(=O)N1CC1CCC(C)C1. The third-order valence-corrected chi connectivity index (χ3v) is 4.78. The normalized spacial score (nSPS) is 35.6. The third kappa shape index (κ3) is 3.31. The Balaban J connectivity index is 2.00. The number of amides is 1. The summed E-state index contributed by atoms with van der Waals surface area (Å²) in [7, 11) is 0. The van der Waals surface area contributed by atoms with Gasteiger partial charge in [-0.3, -0.25) is 10.1 Å². The zero-order valence-electron chi connectivity index (χ0n) is 13.0. The Morgan fingerprint density at radius 1 is 1.37 bits per heavy atom. The molecule has 3 nitrogen and oxygen atoms in total. The van der Waals surface area contributed by atoms with E-state index in [1.54, 1.807) is 0 Å². The van der Waals surface area contributed by atoms with E-state index in [2.05, 4.69) is 37.9 Å². The fraction of sp³-hybridized carbons (Fsp3) is 0.938. The maximum absolute atomic E-state index is 12.6. The van der Waals surface area contributed by atoms with Gasteiger partial charge in [0.2, 0.25) is 5.91 Å². The number of hydrogen-bond acceptors (Lipinski definition) is 2. The number of carbonyl (C=O) groups excluding carboxylic acids is 1. The molecule has 4 atom stereocenters. The van der Waals surface area contributed by atoms with E-state index in [1.807, 2.05) is 0 Å². The van der Waals surface area contributed by atoms with Gasteiger partial charge in [-0.2, -0.15) is 0 Å². The Hall–Kier alpha value is -0.570. The van der Waals surface area contributed by atoms with Gasteiger partial charge in [0.25, 0.3) is 0 Å². The summed E-state index contributed by atoms with van der Waals surface area (Å²) in [6.45, 7) is 9.79. The summed E-state index contributed by atoms with van der Waals surface area (Å²) in [6, 6.07) is 0.0374. The first kappa shape index (κ1) is 14.8.